The van der Waals surface area contributed by atoms with Crippen molar-refractivity contribution < 1.29 is 53.4 Å². The summed E-state index contributed by atoms with van der Waals surface area (Å²) in [4.78, 5) is 65.7. The minimum Gasteiger partial charge on any atom is -0.493 e. The molecule has 2 aliphatic rings. The summed E-state index contributed by atoms with van der Waals surface area (Å²) in [7, 11) is 6.44. The number of ether oxygens (including phenoxy) is 4. The number of methoxy groups -OCH3 is 1. The second-order valence-corrected chi connectivity index (χ2v) is 13.6. The van der Waals surface area contributed by atoms with Crippen LogP contribution in [0.4, 0.5) is 15.4 Å². The van der Waals surface area contributed by atoms with Crippen molar-refractivity contribution in [3.8, 4) is 17.6 Å². The lowest BCUT2D eigenvalue weighted by atomic mass is 9.92. The number of aliphatic hydroxyl groups excluding tert-OH is 2. The van der Waals surface area contributed by atoms with Crippen LogP contribution in [0.25, 0.3) is 11.0 Å². The van der Waals surface area contributed by atoms with E-state index in [-0.39, 0.29) is 67.9 Å². The lowest BCUT2D eigenvalue weighted by molar-refractivity contribution is -0.228. The first kappa shape index (κ1) is 40.5. The molecule has 2 aliphatic heterocycles. The van der Waals surface area contributed by atoms with Crippen LogP contribution < -0.4 is 14.4 Å². The number of likely N-dealkylation sites (N-methyl/N-ethyl adjacent to an activating group) is 3. The molecule has 4 heterocycles. The number of benzene rings is 1. The van der Waals surface area contributed by atoms with Crippen LogP contribution in [-0.2, 0) is 25.7 Å². The summed E-state index contributed by atoms with van der Waals surface area (Å²) in [6.07, 6.45) is -3.01. The Balaban J connectivity index is 1.15. The van der Waals surface area contributed by atoms with Gasteiger partial charge in [-0.25, -0.2) is 24.4 Å². The van der Waals surface area contributed by atoms with E-state index in [1.807, 2.05) is 18.0 Å². The molecule has 0 radical (unpaired) electrons. The van der Waals surface area contributed by atoms with Gasteiger partial charge >= 0.3 is 18.1 Å². The standard InChI is InChI=1S/C36H46N8O11/c1-21-9-12-43(28(46)8-11-37)18-24(21)42(4)32-23-10-13-44(33(23)39-20-38-32)35(50)40(2)14-15-41(3)36(51)53-19-22-6-7-26(27(16-22)52-5)54-29-17-25(45)30(47)31(55-29)34(48)49/h6-7,10,13,16,20-21,24-25,29-31,45,47H,8-9,12,14-15,17-19H2,1-5H3,(H,48,49)/t21-,24+,25-,29-,30+,31+/m1/s1. The Bertz CT molecular complexity index is 1920. The van der Waals surface area contributed by atoms with Crippen LogP contribution in [0.3, 0.4) is 0 Å². The van der Waals surface area contributed by atoms with Gasteiger partial charge in [0.15, 0.2) is 23.3 Å². The van der Waals surface area contributed by atoms with E-state index < -0.39 is 36.7 Å². The number of carboxylic acid groups (broad SMARTS) is 1. The normalized spacial score (nSPS) is 22.3. The largest absolute Gasteiger partial charge is 0.493 e. The van der Waals surface area contributed by atoms with Crippen LogP contribution in [0.1, 0.15) is 31.7 Å². The molecule has 2 saturated heterocycles. The molecule has 55 heavy (non-hydrogen) atoms. The Morgan fingerprint density at radius 1 is 1.07 bits per heavy atom. The molecule has 3 amide bonds. The third-order valence-corrected chi connectivity index (χ3v) is 9.94. The molecule has 0 unspecified atom stereocenters. The molecule has 3 N–H and O–H groups in total. The molecule has 3 aromatic rings. The highest BCUT2D eigenvalue weighted by atomic mass is 16.7. The van der Waals surface area contributed by atoms with E-state index in [2.05, 4.69) is 16.9 Å². The molecule has 2 fully saturated rings. The van der Waals surface area contributed by atoms with E-state index in [1.54, 1.807) is 43.4 Å². The second kappa shape index (κ2) is 17.6. The van der Waals surface area contributed by atoms with Gasteiger partial charge in [0.05, 0.1) is 30.7 Å². The van der Waals surface area contributed by atoms with E-state index in [4.69, 9.17) is 24.2 Å². The molecule has 19 nitrogen and oxygen atoms in total. The first-order chi connectivity index (χ1) is 26.2. The molecular formula is C36H46N8O11. The van der Waals surface area contributed by atoms with Gasteiger partial charge < -0.3 is 53.9 Å². The number of fused-ring (bicyclic) bond motifs is 1. The Hall–Kier alpha value is -5.71. The van der Waals surface area contributed by atoms with Gasteiger partial charge in [0.25, 0.3) is 0 Å². The van der Waals surface area contributed by atoms with Crippen molar-refractivity contribution in [2.75, 3.05) is 59.3 Å². The van der Waals surface area contributed by atoms with Crippen molar-refractivity contribution in [1.29, 1.82) is 5.26 Å². The predicted molar refractivity (Wildman–Crippen MR) is 193 cm³/mol. The zero-order valence-electron chi connectivity index (χ0n) is 31.3. The smallest absolute Gasteiger partial charge is 0.409 e. The summed E-state index contributed by atoms with van der Waals surface area (Å²) in [5.41, 5.74) is 0.956. The number of nitriles is 1. The minimum absolute atomic E-state index is 0.0639. The van der Waals surface area contributed by atoms with Crippen molar-refractivity contribution in [3.05, 3.63) is 42.4 Å². The van der Waals surface area contributed by atoms with Gasteiger partial charge in [0, 0.05) is 59.9 Å². The first-order valence-electron chi connectivity index (χ1n) is 17.6. The fourth-order valence-corrected chi connectivity index (χ4v) is 6.57. The Morgan fingerprint density at radius 3 is 2.53 bits per heavy atom. The minimum atomic E-state index is -1.67. The summed E-state index contributed by atoms with van der Waals surface area (Å²) in [5, 5.41) is 38.9. The number of anilines is 1. The molecular weight excluding hydrogens is 720 g/mol. The summed E-state index contributed by atoms with van der Waals surface area (Å²) >= 11 is 0. The molecule has 1 aromatic carbocycles. The molecule has 6 atom stereocenters. The highest BCUT2D eigenvalue weighted by Crippen LogP contribution is 2.33. The molecule has 296 valence electrons. The SMILES string of the molecule is COc1cc(COC(=O)N(C)CCN(C)C(=O)n2ccc3c(N(C)[C@H]4CN(C(=O)CC#N)CC[C@H]4C)ncnc32)ccc1O[C@H]1C[C@@H](O)[C@H](O)[C@@H](C(=O)O)O1. The molecule has 0 spiro atoms. The number of nitrogens with zero attached hydrogens (tertiary/aromatic N) is 8. The molecule has 0 bridgehead atoms. The van der Waals surface area contributed by atoms with Gasteiger partial charge in [-0.15, -0.1) is 0 Å². The number of aliphatic carboxylic acids is 1. The highest BCUT2D eigenvalue weighted by Gasteiger charge is 2.42. The first-order valence-corrected chi connectivity index (χ1v) is 17.6. The molecule has 2 aromatic heterocycles. The number of carbonyl (C=O) groups is 4. The molecule has 19 heteroatoms. The zero-order chi connectivity index (χ0) is 40.0. The maximum Gasteiger partial charge on any atom is 0.409 e. The molecule has 0 aliphatic carbocycles. The number of likely N-dealkylation sites (tertiary alicyclic amines) is 1. The van der Waals surface area contributed by atoms with E-state index in [0.717, 1.165) is 6.42 Å². The van der Waals surface area contributed by atoms with Crippen molar-refractivity contribution >= 4 is 40.9 Å². The Kier molecular flexibility index (Phi) is 13.0. The Labute approximate surface area is 317 Å². The monoisotopic (exact) mass is 766 g/mol. The van der Waals surface area contributed by atoms with Crippen LogP contribution in [0.15, 0.2) is 36.8 Å². The van der Waals surface area contributed by atoms with Crippen LogP contribution in [0.5, 0.6) is 11.5 Å². The van der Waals surface area contributed by atoms with Gasteiger partial charge in [0.1, 0.15) is 31.3 Å². The lowest BCUT2D eigenvalue weighted by Gasteiger charge is -2.42. The fraction of sp³-hybridized carbons (Fsp3) is 0.528. The van der Waals surface area contributed by atoms with Crippen LogP contribution in [0.2, 0.25) is 0 Å². The van der Waals surface area contributed by atoms with Crippen LogP contribution in [0, 0.1) is 17.2 Å². The quantitative estimate of drug-likeness (QED) is 0.237. The van der Waals surface area contributed by atoms with E-state index in [9.17, 15) is 34.5 Å². The van der Waals surface area contributed by atoms with Crippen molar-refractivity contribution in [2.24, 2.45) is 5.92 Å². The average molecular weight is 767 g/mol. The second-order valence-electron chi connectivity index (χ2n) is 13.6. The maximum absolute atomic E-state index is 13.5. The summed E-state index contributed by atoms with van der Waals surface area (Å²) in [6, 6.07) is 7.95. The Morgan fingerprint density at radius 2 is 1.82 bits per heavy atom. The van der Waals surface area contributed by atoms with Crippen molar-refractivity contribution in [2.45, 2.75) is 63.4 Å². The third-order valence-electron chi connectivity index (χ3n) is 9.94. The predicted octanol–water partition coefficient (Wildman–Crippen LogP) is 1.50. The van der Waals surface area contributed by atoms with Gasteiger partial charge in [-0.2, -0.15) is 5.26 Å². The number of piperidine rings is 1. The number of rotatable bonds is 12. The number of aromatic nitrogens is 3. The fourth-order valence-electron chi connectivity index (χ4n) is 6.57. The van der Waals surface area contributed by atoms with Crippen LogP contribution >= 0.6 is 0 Å². The van der Waals surface area contributed by atoms with E-state index >= 15 is 0 Å². The maximum atomic E-state index is 13.5. The van der Waals surface area contributed by atoms with Gasteiger partial charge in [0.2, 0.25) is 12.2 Å². The number of aliphatic hydroxyl groups is 2. The number of hydrogen-bond donors (Lipinski definition) is 3. The summed E-state index contributed by atoms with van der Waals surface area (Å²) in [6.45, 7) is 3.35. The van der Waals surface area contributed by atoms with Crippen molar-refractivity contribution in [3.63, 3.8) is 0 Å². The topological polar surface area (TPSA) is 233 Å². The summed E-state index contributed by atoms with van der Waals surface area (Å²) in [5.74, 6) is -0.368. The van der Waals surface area contributed by atoms with Gasteiger partial charge in [-0.3, -0.25) is 9.36 Å². The number of amides is 3. The average Bonchev–Trinajstić information content (AvgIpc) is 3.61. The molecule has 0 saturated carbocycles. The summed E-state index contributed by atoms with van der Waals surface area (Å²) < 4.78 is 23.3. The van der Waals surface area contributed by atoms with Crippen LogP contribution in [-0.4, -0.2) is 154 Å². The van der Waals surface area contributed by atoms with Crippen molar-refractivity contribution in [1.82, 2.24) is 29.2 Å². The van der Waals surface area contributed by atoms with Gasteiger partial charge in [-0.1, -0.05) is 13.0 Å². The number of carboxylic acids is 1. The molecule has 5 rings (SSSR count). The third kappa shape index (κ3) is 9.16. The van der Waals surface area contributed by atoms with Gasteiger partial charge in [-0.05, 0) is 36.1 Å². The highest BCUT2D eigenvalue weighted by molar-refractivity contribution is 5.95. The number of carbonyl (C=O) groups excluding carboxylic acids is 3. The van der Waals surface area contributed by atoms with E-state index in [1.165, 1.54) is 33.9 Å². The lowest BCUT2D eigenvalue weighted by Crippen LogP contribution is -2.53. The zero-order valence-corrected chi connectivity index (χ0v) is 31.3. The number of hydrogen-bond acceptors (Lipinski definition) is 14. The van der Waals surface area contributed by atoms with E-state index in [0.29, 0.717) is 35.5 Å².